The molecule has 0 aliphatic rings. The minimum absolute atomic E-state index is 0.00556. The van der Waals surface area contributed by atoms with Gasteiger partial charge in [0, 0.05) is 22.9 Å². The number of thiophene rings is 1. The number of urea groups is 1. The van der Waals surface area contributed by atoms with Crippen LogP contribution in [0.3, 0.4) is 0 Å². The van der Waals surface area contributed by atoms with Gasteiger partial charge in [0.1, 0.15) is 5.01 Å². The molecule has 9 heteroatoms. The molecule has 0 aromatic carbocycles. The van der Waals surface area contributed by atoms with Crippen LogP contribution >= 0.6 is 22.7 Å². The van der Waals surface area contributed by atoms with Crippen molar-refractivity contribution < 1.29 is 14.7 Å². The molecule has 0 bridgehead atoms. The van der Waals surface area contributed by atoms with Gasteiger partial charge in [-0.15, -0.1) is 10.2 Å². The maximum Gasteiger partial charge on any atom is 0.321 e. The van der Waals surface area contributed by atoms with Crippen LogP contribution in [0.5, 0.6) is 0 Å². The molecule has 2 rings (SSSR count). The number of anilines is 1. The van der Waals surface area contributed by atoms with Crippen molar-refractivity contribution >= 4 is 39.8 Å². The number of hydrogen-bond acceptors (Lipinski definition) is 6. The fraction of sp³-hybridized carbons (Fsp3) is 0.385. The van der Waals surface area contributed by atoms with Gasteiger partial charge in [-0.05, 0) is 31.7 Å². The summed E-state index contributed by atoms with van der Waals surface area (Å²) in [4.78, 5) is 22.5. The van der Waals surface area contributed by atoms with Gasteiger partial charge in [-0.25, -0.2) is 4.79 Å². The number of carbonyl (C=O) groups excluding carboxylic acids is 1. The van der Waals surface area contributed by atoms with E-state index in [-0.39, 0.29) is 6.42 Å². The molecule has 0 aliphatic carbocycles. The van der Waals surface area contributed by atoms with Gasteiger partial charge in [0.05, 0.1) is 0 Å². The first-order valence-corrected chi connectivity index (χ1v) is 8.29. The lowest BCUT2D eigenvalue weighted by atomic mass is 9.99. The van der Waals surface area contributed by atoms with E-state index in [0.29, 0.717) is 11.6 Å². The molecule has 2 heterocycles. The molecule has 0 fully saturated rings. The monoisotopic (exact) mass is 340 g/mol. The number of hydrogen-bond donors (Lipinski definition) is 3. The van der Waals surface area contributed by atoms with E-state index in [1.807, 2.05) is 16.8 Å². The maximum atomic E-state index is 11.9. The topological polar surface area (TPSA) is 104 Å². The Hall–Kier alpha value is -2.00. The van der Waals surface area contributed by atoms with E-state index in [1.165, 1.54) is 11.3 Å². The maximum absolute atomic E-state index is 11.9. The molecule has 0 saturated carbocycles. The van der Waals surface area contributed by atoms with Crippen molar-refractivity contribution in [2.75, 3.05) is 5.32 Å². The first-order chi connectivity index (χ1) is 10.4. The minimum Gasteiger partial charge on any atom is -0.481 e. The number of nitrogens with one attached hydrogen (secondary N) is 2. The summed E-state index contributed by atoms with van der Waals surface area (Å²) >= 11 is 2.85. The third kappa shape index (κ3) is 4.78. The van der Waals surface area contributed by atoms with Crippen LogP contribution in [-0.2, 0) is 4.79 Å². The highest BCUT2D eigenvalue weighted by molar-refractivity contribution is 7.19. The fourth-order valence-corrected chi connectivity index (χ4v) is 3.14. The average molecular weight is 340 g/mol. The van der Waals surface area contributed by atoms with Crippen LogP contribution in [0.4, 0.5) is 9.93 Å². The van der Waals surface area contributed by atoms with E-state index >= 15 is 0 Å². The van der Waals surface area contributed by atoms with Crippen molar-refractivity contribution in [3.05, 3.63) is 16.8 Å². The van der Waals surface area contributed by atoms with Crippen LogP contribution in [0, 0.1) is 0 Å². The fourth-order valence-electron chi connectivity index (χ4n) is 1.69. The third-order valence-corrected chi connectivity index (χ3v) is 4.40. The molecule has 0 spiro atoms. The standard InChI is InChI=1S/C13H16N4O3S2/c1-13(2,5-3-9(18)19)15-11(20)14-12-17-16-10(22-12)8-4-6-21-7-8/h4,6-7H,3,5H2,1-2H3,(H,18,19)(H2,14,15,17,20). The molecule has 0 radical (unpaired) electrons. The van der Waals surface area contributed by atoms with E-state index in [2.05, 4.69) is 20.8 Å². The quantitative estimate of drug-likeness (QED) is 0.750. The zero-order valence-electron chi connectivity index (χ0n) is 12.1. The highest BCUT2D eigenvalue weighted by atomic mass is 32.1. The van der Waals surface area contributed by atoms with Gasteiger partial charge in [-0.1, -0.05) is 11.3 Å². The highest BCUT2D eigenvalue weighted by Crippen LogP contribution is 2.27. The van der Waals surface area contributed by atoms with Crippen LogP contribution < -0.4 is 10.6 Å². The smallest absolute Gasteiger partial charge is 0.321 e. The van der Waals surface area contributed by atoms with Gasteiger partial charge in [0.25, 0.3) is 0 Å². The van der Waals surface area contributed by atoms with Gasteiger partial charge in [0.15, 0.2) is 0 Å². The van der Waals surface area contributed by atoms with Crippen LogP contribution in [0.25, 0.3) is 10.6 Å². The Bertz CT molecular complexity index is 652. The lowest BCUT2D eigenvalue weighted by molar-refractivity contribution is -0.137. The molecule has 22 heavy (non-hydrogen) atoms. The van der Waals surface area contributed by atoms with E-state index in [4.69, 9.17) is 5.11 Å². The van der Waals surface area contributed by atoms with Gasteiger partial charge in [-0.2, -0.15) is 11.3 Å². The summed E-state index contributed by atoms with van der Waals surface area (Å²) in [6.07, 6.45) is 0.334. The summed E-state index contributed by atoms with van der Waals surface area (Å²) < 4.78 is 0. The van der Waals surface area contributed by atoms with Crippen LogP contribution in [0.1, 0.15) is 26.7 Å². The van der Waals surface area contributed by atoms with E-state index in [9.17, 15) is 9.59 Å². The van der Waals surface area contributed by atoms with Crippen molar-refractivity contribution in [3.8, 4) is 10.6 Å². The molecule has 0 saturated heterocycles. The van der Waals surface area contributed by atoms with Crippen molar-refractivity contribution in [2.45, 2.75) is 32.2 Å². The molecule has 2 aromatic rings. The summed E-state index contributed by atoms with van der Waals surface area (Å²) in [7, 11) is 0. The molecular formula is C13H16N4O3S2. The molecule has 0 unspecified atom stereocenters. The molecule has 118 valence electrons. The number of aliphatic carboxylic acids is 1. The van der Waals surface area contributed by atoms with Crippen LogP contribution in [-0.4, -0.2) is 32.8 Å². The number of aromatic nitrogens is 2. The second-order valence-corrected chi connectivity index (χ2v) is 7.04. The van der Waals surface area contributed by atoms with Gasteiger partial charge < -0.3 is 10.4 Å². The van der Waals surface area contributed by atoms with Gasteiger partial charge in [0.2, 0.25) is 5.13 Å². The van der Waals surface area contributed by atoms with E-state index < -0.39 is 17.5 Å². The first-order valence-electron chi connectivity index (χ1n) is 6.53. The molecule has 2 aromatic heterocycles. The van der Waals surface area contributed by atoms with Crippen molar-refractivity contribution in [2.24, 2.45) is 0 Å². The Balaban J connectivity index is 1.90. The predicted molar refractivity (Wildman–Crippen MR) is 86.3 cm³/mol. The third-order valence-electron chi connectivity index (χ3n) is 2.83. The normalized spacial score (nSPS) is 11.2. The zero-order valence-corrected chi connectivity index (χ0v) is 13.8. The minimum atomic E-state index is -0.889. The molecular weight excluding hydrogens is 324 g/mol. The van der Waals surface area contributed by atoms with Crippen molar-refractivity contribution in [1.82, 2.24) is 15.5 Å². The van der Waals surface area contributed by atoms with Crippen LogP contribution in [0.15, 0.2) is 16.8 Å². The number of nitrogens with zero attached hydrogens (tertiary/aromatic N) is 2. The molecule has 2 amide bonds. The van der Waals surface area contributed by atoms with Gasteiger partial charge in [-0.3, -0.25) is 10.1 Å². The molecule has 3 N–H and O–H groups in total. The predicted octanol–water partition coefficient (Wildman–Crippen LogP) is 3.03. The van der Waals surface area contributed by atoms with E-state index in [0.717, 1.165) is 10.6 Å². The summed E-state index contributed by atoms with van der Waals surface area (Å²) in [6, 6.07) is 1.51. The lowest BCUT2D eigenvalue weighted by Gasteiger charge is -2.25. The first kappa shape index (κ1) is 16.4. The number of amides is 2. The Morgan fingerprint density at radius 1 is 1.36 bits per heavy atom. The number of carboxylic acid groups (broad SMARTS) is 1. The Morgan fingerprint density at radius 3 is 2.77 bits per heavy atom. The van der Waals surface area contributed by atoms with Gasteiger partial charge >= 0.3 is 12.0 Å². The largest absolute Gasteiger partial charge is 0.481 e. The SMILES string of the molecule is CC(C)(CCC(=O)O)NC(=O)Nc1nnc(-c2ccsc2)s1. The van der Waals surface area contributed by atoms with Crippen molar-refractivity contribution in [1.29, 1.82) is 0 Å². The summed E-state index contributed by atoms with van der Waals surface area (Å²) in [5, 5.41) is 27.0. The number of carboxylic acids is 1. The Morgan fingerprint density at radius 2 is 2.14 bits per heavy atom. The second kappa shape index (κ2) is 6.84. The lowest BCUT2D eigenvalue weighted by Crippen LogP contribution is -2.45. The van der Waals surface area contributed by atoms with Crippen LogP contribution in [0.2, 0.25) is 0 Å². The highest BCUT2D eigenvalue weighted by Gasteiger charge is 2.22. The summed E-state index contributed by atoms with van der Waals surface area (Å²) in [6.45, 7) is 3.54. The number of carbonyl (C=O) groups is 2. The molecule has 0 atom stereocenters. The zero-order chi connectivity index (χ0) is 16.2. The number of rotatable bonds is 6. The Labute approximate surface area is 135 Å². The molecule has 7 nitrogen and oxygen atoms in total. The van der Waals surface area contributed by atoms with Crippen molar-refractivity contribution in [3.63, 3.8) is 0 Å². The summed E-state index contributed by atoms with van der Waals surface area (Å²) in [5.74, 6) is -0.889. The molecule has 0 aliphatic heterocycles. The Kier molecular flexibility index (Phi) is 5.09. The van der Waals surface area contributed by atoms with E-state index in [1.54, 1.807) is 25.2 Å². The average Bonchev–Trinajstić information content (AvgIpc) is 3.06. The summed E-state index contributed by atoms with van der Waals surface area (Å²) in [5.41, 5.74) is 0.348. The second-order valence-electron chi connectivity index (χ2n) is 5.28.